The maximum atomic E-state index is 13.7. The van der Waals surface area contributed by atoms with E-state index in [4.69, 9.17) is 4.74 Å². The summed E-state index contributed by atoms with van der Waals surface area (Å²) < 4.78 is 5.61. The SMILES string of the molecule is Cc1cccc(-c2sc(C)nc2C(=O)N2C[C@H]3C[C@H]3[C@H]2CNC(=O)c2cccc3c2CCO3)c1. The van der Waals surface area contributed by atoms with Gasteiger partial charge in [-0.05, 0) is 49.8 Å². The summed E-state index contributed by atoms with van der Waals surface area (Å²) >= 11 is 1.56. The number of fused-ring (bicyclic) bond motifs is 2. The van der Waals surface area contributed by atoms with Gasteiger partial charge >= 0.3 is 0 Å². The van der Waals surface area contributed by atoms with Crippen molar-refractivity contribution in [1.29, 1.82) is 0 Å². The number of aryl methyl sites for hydroxylation is 2. The lowest BCUT2D eigenvalue weighted by Gasteiger charge is -2.27. The number of benzene rings is 2. The molecule has 1 aliphatic carbocycles. The smallest absolute Gasteiger partial charge is 0.274 e. The maximum absolute atomic E-state index is 13.7. The molecule has 6 rings (SSSR count). The third-order valence-electron chi connectivity index (χ3n) is 7.24. The highest BCUT2D eigenvalue weighted by molar-refractivity contribution is 7.15. The first kappa shape index (κ1) is 21.4. The quantitative estimate of drug-likeness (QED) is 0.601. The molecule has 174 valence electrons. The summed E-state index contributed by atoms with van der Waals surface area (Å²) in [6.07, 6.45) is 1.88. The Balaban J connectivity index is 1.22. The lowest BCUT2D eigenvalue weighted by Crippen LogP contribution is -2.45. The summed E-state index contributed by atoms with van der Waals surface area (Å²) in [5.74, 6) is 1.67. The fourth-order valence-electron chi connectivity index (χ4n) is 5.48. The topological polar surface area (TPSA) is 71.5 Å². The molecule has 34 heavy (non-hydrogen) atoms. The highest BCUT2D eigenvalue weighted by Gasteiger charge is 2.54. The normalized spacial score (nSPS) is 22.2. The molecule has 2 fully saturated rings. The highest BCUT2D eigenvalue weighted by atomic mass is 32.1. The molecule has 2 amide bonds. The Morgan fingerprint density at radius 3 is 2.91 bits per heavy atom. The number of carbonyl (C=O) groups excluding carboxylic acids is 2. The van der Waals surface area contributed by atoms with Crippen molar-refractivity contribution in [2.24, 2.45) is 11.8 Å². The molecule has 3 aliphatic rings. The van der Waals surface area contributed by atoms with E-state index in [0.717, 1.165) is 51.7 Å². The Morgan fingerprint density at radius 2 is 2.06 bits per heavy atom. The van der Waals surface area contributed by atoms with Crippen LogP contribution in [-0.4, -0.2) is 47.4 Å². The summed E-state index contributed by atoms with van der Waals surface area (Å²) in [7, 11) is 0. The van der Waals surface area contributed by atoms with Crippen LogP contribution in [0.15, 0.2) is 42.5 Å². The molecule has 0 bridgehead atoms. The minimum atomic E-state index is -0.0937. The zero-order valence-corrected chi connectivity index (χ0v) is 20.2. The molecule has 2 aliphatic heterocycles. The van der Waals surface area contributed by atoms with Gasteiger partial charge < -0.3 is 15.0 Å². The largest absolute Gasteiger partial charge is 0.493 e. The Morgan fingerprint density at radius 1 is 1.21 bits per heavy atom. The minimum absolute atomic E-state index is 0.00169. The van der Waals surface area contributed by atoms with Crippen LogP contribution < -0.4 is 10.1 Å². The molecule has 2 aromatic carbocycles. The van der Waals surface area contributed by atoms with Gasteiger partial charge in [-0.25, -0.2) is 4.98 Å². The van der Waals surface area contributed by atoms with Crippen LogP contribution in [0, 0.1) is 25.7 Å². The van der Waals surface area contributed by atoms with Gasteiger partial charge in [-0.15, -0.1) is 11.3 Å². The third kappa shape index (κ3) is 3.68. The molecular formula is C27H27N3O3S. The molecule has 3 atom stereocenters. The number of amides is 2. The number of ether oxygens (including phenoxy) is 1. The van der Waals surface area contributed by atoms with Crippen molar-refractivity contribution in [2.45, 2.75) is 32.7 Å². The number of hydrogen-bond acceptors (Lipinski definition) is 5. The molecule has 1 saturated carbocycles. The first-order valence-electron chi connectivity index (χ1n) is 11.9. The third-order valence-corrected chi connectivity index (χ3v) is 8.26. The standard InChI is InChI=1S/C27H27N3O3S/c1-15-5-3-6-17(11-15)25-24(29-16(2)34-25)27(32)30-14-18-12-21(18)22(30)13-28-26(31)20-7-4-8-23-19(20)9-10-33-23/h3-8,11,18,21-22H,9-10,12-14H2,1-2H3,(H,28,31)/t18-,21-,22-/m1/s1. The second-order valence-corrected chi connectivity index (χ2v) is 10.8. The summed E-state index contributed by atoms with van der Waals surface area (Å²) in [4.78, 5) is 34.3. The van der Waals surface area contributed by atoms with Gasteiger partial charge in [-0.2, -0.15) is 0 Å². The van der Waals surface area contributed by atoms with E-state index in [-0.39, 0.29) is 17.9 Å². The number of thiazole rings is 1. The van der Waals surface area contributed by atoms with Crippen LogP contribution in [0.2, 0.25) is 0 Å². The number of hydrogen-bond donors (Lipinski definition) is 1. The fourth-order valence-corrected chi connectivity index (χ4v) is 6.39. The number of nitrogens with one attached hydrogen (secondary N) is 1. The summed E-state index contributed by atoms with van der Waals surface area (Å²) in [6, 6.07) is 13.8. The van der Waals surface area contributed by atoms with Crippen LogP contribution in [0.5, 0.6) is 5.75 Å². The van der Waals surface area contributed by atoms with Crippen LogP contribution in [0.1, 0.15) is 43.4 Å². The summed E-state index contributed by atoms with van der Waals surface area (Å²) in [5.41, 5.74) is 4.37. The van der Waals surface area contributed by atoms with Crippen LogP contribution >= 0.6 is 11.3 Å². The number of aromatic nitrogens is 1. The second-order valence-electron chi connectivity index (χ2n) is 9.56. The monoisotopic (exact) mass is 473 g/mol. The number of carbonyl (C=O) groups is 2. The van der Waals surface area contributed by atoms with Gasteiger partial charge in [-0.1, -0.05) is 35.9 Å². The van der Waals surface area contributed by atoms with E-state index in [1.54, 1.807) is 11.3 Å². The lowest BCUT2D eigenvalue weighted by atomic mass is 10.0. The van der Waals surface area contributed by atoms with Crippen LogP contribution in [0.25, 0.3) is 10.4 Å². The van der Waals surface area contributed by atoms with E-state index < -0.39 is 0 Å². The molecule has 3 heterocycles. The van der Waals surface area contributed by atoms with Gasteiger partial charge in [0.1, 0.15) is 11.4 Å². The first-order chi connectivity index (χ1) is 16.5. The molecule has 3 aromatic rings. The number of nitrogens with zero attached hydrogens (tertiary/aromatic N) is 2. The van der Waals surface area contributed by atoms with E-state index in [0.29, 0.717) is 36.2 Å². The summed E-state index contributed by atoms with van der Waals surface area (Å²) in [6.45, 7) is 5.81. The van der Waals surface area contributed by atoms with Crippen LogP contribution in [0.3, 0.4) is 0 Å². The van der Waals surface area contributed by atoms with Gasteiger partial charge in [0, 0.05) is 30.6 Å². The average Bonchev–Trinajstić information content (AvgIpc) is 3.16. The van der Waals surface area contributed by atoms with Crippen molar-refractivity contribution in [2.75, 3.05) is 19.7 Å². The van der Waals surface area contributed by atoms with Crippen molar-refractivity contribution in [1.82, 2.24) is 15.2 Å². The Labute approximate surface area is 203 Å². The average molecular weight is 474 g/mol. The Hall–Kier alpha value is -3.19. The van der Waals surface area contributed by atoms with E-state index in [1.165, 1.54) is 0 Å². The van der Waals surface area contributed by atoms with Gasteiger partial charge in [0.15, 0.2) is 0 Å². The van der Waals surface area contributed by atoms with E-state index >= 15 is 0 Å². The van der Waals surface area contributed by atoms with Crippen molar-refractivity contribution in [3.63, 3.8) is 0 Å². The molecule has 0 unspecified atom stereocenters. The van der Waals surface area contributed by atoms with E-state index in [1.807, 2.05) is 42.2 Å². The zero-order chi connectivity index (χ0) is 23.4. The highest BCUT2D eigenvalue weighted by Crippen LogP contribution is 2.50. The number of piperidine rings is 1. The predicted molar refractivity (Wildman–Crippen MR) is 131 cm³/mol. The fraction of sp³-hybridized carbons (Fsp3) is 0.370. The Bertz CT molecular complexity index is 1300. The van der Waals surface area contributed by atoms with Gasteiger partial charge in [0.25, 0.3) is 11.8 Å². The molecule has 1 saturated heterocycles. The molecule has 1 N–H and O–H groups in total. The molecule has 6 nitrogen and oxygen atoms in total. The first-order valence-corrected chi connectivity index (χ1v) is 12.7. The van der Waals surface area contributed by atoms with Gasteiger partial charge in [-0.3, -0.25) is 9.59 Å². The molecule has 0 radical (unpaired) electrons. The predicted octanol–water partition coefficient (Wildman–Crippen LogP) is 4.25. The Kier molecular flexibility index (Phi) is 5.17. The molecule has 0 spiro atoms. The molecule has 7 heteroatoms. The van der Waals surface area contributed by atoms with E-state index in [2.05, 4.69) is 29.4 Å². The molecular weight excluding hydrogens is 446 g/mol. The number of likely N-dealkylation sites (tertiary alicyclic amines) is 1. The maximum Gasteiger partial charge on any atom is 0.274 e. The lowest BCUT2D eigenvalue weighted by molar-refractivity contribution is 0.0690. The van der Waals surface area contributed by atoms with Crippen molar-refractivity contribution >= 4 is 23.2 Å². The van der Waals surface area contributed by atoms with Crippen molar-refractivity contribution < 1.29 is 14.3 Å². The molecule has 1 aromatic heterocycles. The van der Waals surface area contributed by atoms with Crippen molar-refractivity contribution in [3.8, 4) is 16.2 Å². The van der Waals surface area contributed by atoms with Crippen LogP contribution in [0.4, 0.5) is 0 Å². The number of rotatable bonds is 5. The summed E-state index contributed by atoms with van der Waals surface area (Å²) in [5, 5.41) is 4.00. The zero-order valence-electron chi connectivity index (χ0n) is 19.3. The minimum Gasteiger partial charge on any atom is -0.493 e. The van der Waals surface area contributed by atoms with Gasteiger partial charge in [0.05, 0.1) is 22.5 Å². The van der Waals surface area contributed by atoms with Crippen LogP contribution in [-0.2, 0) is 6.42 Å². The van der Waals surface area contributed by atoms with E-state index in [9.17, 15) is 9.59 Å². The van der Waals surface area contributed by atoms with Crippen molar-refractivity contribution in [3.05, 3.63) is 69.9 Å². The van der Waals surface area contributed by atoms with Gasteiger partial charge in [0.2, 0.25) is 0 Å². The second kappa shape index (κ2) is 8.24.